The first-order chi connectivity index (χ1) is 10.8. The third-order valence-corrected chi connectivity index (χ3v) is 3.87. The number of aliphatic hydroxyl groups is 1. The zero-order valence-electron chi connectivity index (χ0n) is 14.1. The minimum atomic E-state index is -1.04. The molecule has 0 saturated carbocycles. The zero-order chi connectivity index (χ0) is 16.9. The summed E-state index contributed by atoms with van der Waals surface area (Å²) >= 11 is 0. The fourth-order valence-corrected chi connectivity index (χ4v) is 2.59. The van der Waals surface area contributed by atoms with Crippen LogP contribution in [0.25, 0.3) is 0 Å². The Hall–Kier alpha value is -2.05. The maximum atomic E-state index is 12.4. The van der Waals surface area contributed by atoms with Gasteiger partial charge in [0.2, 0.25) is 0 Å². The highest BCUT2D eigenvalue weighted by molar-refractivity contribution is 5.94. The lowest BCUT2D eigenvalue weighted by Crippen LogP contribution is -2.34. The van der Waals surface area contributed by atoms with E-state index >= 15 is 0 Å². The van der Waals surface area contributed by atoms with Gasteiger partial charge >= 0.3 is 0 Å². The average Bonchev–Trinajstić information content (AvgIpc) is 2.53. The molecule has 122 valence electrons. The van der Waals surface area contributed by atoms with Gasteiger partial charge < -0.3 is 10.4 Å². The van der Waals surface area contributed by atoms with Crippen molar-refractivity contribution in [3.05, 3.63) is 47.0 Å². The fourth-order valence-electron chi connectivity index (χ4n) is 2.59. The molecule has 1 atom stereocenters. The van der Waals surface area contributed by atoms with E-state index in [1.165, 1.54) is 18.4 Å². The summed E-state index contributed by atoms with van der Waals surface area (Å²) in [6, 6.07) is 7.26. The molecule has 2 rings (SSSR count). The molecule has 0 saturated heterocycles. The largest absolute Gasteiger partial charge is 0.378 e. The van der Waals surface area contributed by atoms with Gasteiger partial charge in [-0.2, -0.15) is 0 Å². The van der Waals surface area contributed by atoms with Gasteiger partial charge in [0.25, 0.3) is 5.91 Å². The van der Waals surface area contributed by atoms with Gasteiger partial charge in [-0.05, 0) is 64.7 Å². The predicted molar refractivity (Wildman–Crippen MR) is 93.1 cm³/mol. The Balaban J connectivity index is 2.07. The molecule has 23 heavy (non-hydrogen) atoms. The molecule has 0 heterocycles. The molecule has 0 spiro atoms. The zero-order valence-corrected chi connectivity index (χ0v) is 14.1. The summed E-state index contributed by atoms with van der Waals surface area (Å²) in [5, 5.41) is 12.7. The standard InChI is InChI=1S/C20H25NO2/c1-15(17-9-5-4-6-10-17)21-19(22)18-11-7-8-16(14-18)12-13-20(2,3)23/h7-9,11,14-15,23H,4-6,10H2,1-3H3,(H,21,22)/t15-/m1/s1. The van der Waals surface area contributed by atoms with Crippen LogP contribution in [-0.4, -0.2) is 22.7 Å². The summed E-state index contributed by atoms with van der Waals surface area (Å²) in [5.41, 5.74) is 1.60. The van der Waals surface area contributed by atoms with Crippen molar-refractivity contribution in [2.75, 3.05) is 0 Å². The second-order valence-electron chi connectivity index (χ2n) is 6.61. The van der Waals surface area contributed by atoms with Crippen molar-refractivity contribution in [3.63, 3.8) is 0 Å². The molecule has 0 aliphatic heterocycles. The third kappa shape index (κ3) is 5.58. The normalized spacial score (nSPS) is 15.9. The van der Waals surface area contributed by atoms with Crippen LogP contribution in [0.1, 0.15) is 62.4 Å². The number of hydrogen-bond acceptors (Lipinski definition) is 2. The van der Waals surface area contributed by atoms with Gasteiger partial charge in [-0.3, -0.25) is 4.79 Å². The van der Waals surface area contributed by atoms with E-state index in [2.05, 4.69) is 23.2 Å². The summed E-state index contributed by atoms with van der Waals surface area (Å²) in [6.07, 6.45) is 6.87. The van der Waals surface area contributed by atoms with Gasteiger partial charge in [0.1, 0.15) is 5.60 Å². The Kier molecular flexibility index (Phi) is 5.63. The first-order valence-electron chi connectivity index (χ1n) is 8.20. The van der Waals surface area contributed by atoms with Crippen LogP contribution in [0.2, 0.25) is 0 Å². The van der Waals surface area contributed by atoms with Crippen LogP contribution >= 0.6 is 0 Å². The van der Waals surface area contributed by atoms with Crippen LogP contribution in [-0.2, 0) is 0 Å². The maximum absolute atomic E-state index is 12.4. The second-order valence-corrected chi connectivity index (χ2v) is 6.61. The van der Waals surface area contributed by atoms with Crippen molar-refractivity contribution in [2.24, 2.45) is 0 Å². The van der Waals surface area contributed by atoms with Gasteiger partial charge in [0.15, 0.2) is 0 Å². The molecule has 1 aromatic rings. The summed E-state index contributed by atoms with van der Waals surface area (Å²) in [7, 11) is 0. The molecule has 1 aliphatic rings. The first-order valence-corrected chi connectivity index (χ1v) is 8.20. The lowest BCUT2D eigenvalue weighted by molar-refractivity contribution is 0.0944. The smallest absolute Gasteiger partial charge is 0.251 e. The van der Waals surface area contributed by atoms with Crippen molar-refractivity contribution in [1.29, 1.82) is 0 Å². The van der Waals surface area contributed by atoms with Crippen molar-refractivity contribution in [1.82, 2.24) is 5.32 Å². The Bertz CT molecular complexity index is 656. The molecule has 0 fully saturated rings. The lowest BCUT2D eigenvalue weighted by Gasteiger charge is -2.21. The van der Waals surface area contributed by atoms with Crippen LogP contribution in [0.5, 0.6) is 0 Å². The van der Waals surface area contributed by atoms with E-state index in [4.69, 9.17) is 0 Å². The highest BCUT2D eigenvalue weighted by Gasteiger charge is 2.15. The minimum Gasteiger partial charge on any atom is -0.378 e. The van der Waals surface area contributed by atoms with E-state index in [1.54, 1.807) is 26.0 Å². The first kappa shape index (κ1) is 17.3. The highest BCUT2D eigenvalue weighted by Crippen LogP contribution is 2.20. The Morgan fingerprint density at radius 2 is 2.13 bits per heavy atom. The van der Waals surface area contributed by atoms with Gasteiger partial charge in [0.05, 0.1) is 0 Å². The number of carbonyl (C=O) groups is 1. The van der Waals surface area contributed by atoms with Crippen LogP contribution in [0.3, 0.4) is 0 Å². The topological polar surface area (TPSA) is 49.3 Å². The summed E-state index contributed by atoms with van der Waals surface area (Å²) in [6.45, 7) is 5.30. The quantitative estimate of drug-likeness (QED) is 0.664. The number of carbonyl (C=O) groups excluding carboxylic acids is 1. The van der Waals surface area contributed by atoms with Crippen LogP contribution in [0, 0.1) is 11.8 Å². The van der Waals surface area contributed by atoms with E-state index in [-0.39, 0.29) is 11.9 Å². The minimum absolute atomic E-state index is 0.0638. The molecule has 1 aromatic carbocycles. The summed E-state index contributed by atoms with van der Waals surface area (Å²) in [5.74, 6) is 5.58. The number of benzene rings is 1. The van der Waals surface area contributed by atoms with Crippen LogP contribution in [0.4, 0.5) is 0 Å². The van der Waals surface area contributed by atoms with Gasteiger partial charge in [-0.25, -0.2) is 0 Å². The van der Waals surface area contributed by atoms with E-state index < -0.39 is 5.60 Å². The SMILES string of the molecule is C[C@@H](NC(=O)c1cccc(C#CC(C)(C)O)c1)C1=CCCCC1. The number of allylic oxidation sites excluding steroid dienone is 1. The molecule has 3 heteroatoms. The van der Waals surface area contributed by atoms with Crippen LogP contribution in [0.15, 0.2) is 35.9 Å². The number of hydrogen-bond donors (Lipinski definition) is 2. The van der Waals surface area contributed by atoms with Crippen molar-refractivity contribution in [3.8, 4) is 11.8 Å². The Labute approximate surface area is 138 Å². The van der Waals surface area contributed by atoms with Crippen molar-refractivity contribution >= 4 is 5.91 Å². The molecule has 1 aliphatic carbocycles. The average molecular weight is 311 g/mol. The third-order valence-electron chi connectivity index (χ3n) is 3.87. The van der Waals surface area contributed by atoms with Crippen molar-refractivity contribution in [2.45, 2.75) is 58.1 Å². The van der Waals surface area contributed by atoms with Gasteiger partial charge in [0, 0.05) is 17.2 Å². The molecular formula is C20H25NO2. The number of amides is 1. The fraction of sp³-hybridized carbons (Fsp3) is 0.450. The van der Waals surface area contributed by atoms with Crippen molar-refractivity contribution < 1.29 is 9.90 Å². The van der Waals surface area contributed by atoms with E-state index in [0.29, 0.717) is 5.56 Å². The maximum Gasteiger partial charge on any atom is 0.251 e. The molecule has 0 radical (unpaired) electrons. The van der Waals surface area contributed by atoms with Gasteiger partial charge in [-0.15, -0.1) is 0 Å². The Morgan fingerprint density at radius 1 is 1.35 bits per heavy atom. The van der Waals surface area contributed by atoms with Gasteiger partial charge in [-0.1, -0.05) is 29.6 Å². The summed E-state index contributed by atoms with van der Waals surface area (Å²) < 4.78 is 0. The molecule has 0 bridgehead atoms. The number of nitrogens with one attached hydrogen (secondary N) is 1. The molecule has 2 N–H and O–H groups in total. The molecular weight excluding hydrogens is 286 g/mol. The predicted octanol–water partition coefficient (Wildman–Crippen LogP) is 3.43. The monoisotopic (exact) mass is 311 g/mol. The Morgan fingerprint density at radius 3 is 2.78 bits per heavy atom. The second kappa shape index (κ2) is 7.48. The molecule has 1 amide bonds. The molecule has 0 unspecified atom stereocenters. The van der Waals surface area contributed by atoms with E-state index in [0.717, 1.165) is 18.4 Å². The lowest BCUT2D eigenvalue weighted by atomic mass is 9.94. The molecule has 3 nitrogen and oxygen atoms in total. The number of rotatable bonds is 3. The summed E-state index contributed by atoms with van der Waals surface area (Å²) in [4.78, 5) is 12.4. The van der Waals surface area contributed by atoms with Crippen LogP contribution < -0.4 is 5.32 Å². The van der Waals surface area contributed by atoms with E-state index in [1.807, 2.05) is 19.1 Å². The van der Waals surface area contributed by atoms with E-state index in [9.17, 15) is 9.90 Å². The molecule has 0 aromatic heterocycles. The highest BCUT2D eigenvalue weighted by atomic mass is 16.3.